The molecule has 0 radical (unpaired) electrons. The summed E-state index contributed by atoms with van der Waals surface area (Å²) < 4.78 is 36.0. The van der Waals surface area contributed by atoms with Gasteiger partial charge in [0.1, 0.15) is 22.8 Å². The van der Waals surface area contributed by atoms with Gasteiger partial charge in [-0.3, -0.25) is 19.7 Å². The van der Waals surface area contributed by atoms with Gasteiger partial charge in [-0.2, -0.15) is 0 Å². The van der Waals surface area contributed by atoms with Gasteiger partial charge in [0.2, 0.25) is 5.91 Å². The van der Waals surface area contributed by atoms with Crippen LogP contribution >= 0.6 is 0 Å². The SMILES string of the molecule is CC(=O)N1CCC(c2ccccc2[C@H]2CCCN2c2ccc(-c3ccc(C(=O)NS(=O)(=O)c4ccc(NCC5CCC(C)(O)CC5)c([N+](=O)[O-])c4)c(Oc4cnc5[nH]ccc5c4)c3)cc2)CC1. The number of rotatable bonds is 13. The number of nitrogens with zero attached hydrogens (tertiary/aromatic N) is 4. The molecular formula is C51H55N7O8S. The molecule has 4 heterocycles. The van der Waals surface area contributed by atoms with Crippen molar-refractivity contribution in [3.8, 4) is 22.6 Å². The Bertz CT molecular complexity index is 2920. The number of hydrogen-bond donors (Lipinski definition) is 4. The number of pyridine rings is 1. The largest absolute Gasteiger partial charge is 0.455 e. The smallest absolute Gasteiger partial charge is 0.293 e. The van der Waals surface area contributed by atoms with Gasteiger partial charge in [-0.15, -0.1) is 0 Å². The molecule has 1 aliphatic carbocycles. The summed E-state index contributed by atoms with van der Waals surface area (Å²) >= 11 is 0. The third-order valence-electron chi connectivity index (χ3n) is 13.8. The third-order valence-corrected chi connectivity index (χ3v) is 15.1. The molecule has 1 saturated carbocycles. The van der Waals surface area contributed by atoms with Crippen LogP contribution < -0.4 is 19.7 Å². The number of hydrogen-bond acceptors (Lipinski definition) is 11. The minimum Gasteiger partial charge on any atom is -0.455 e. The number of anilines is 2. The Labute approximate surface area is 389 Å². The van der Waals surface area contributed by atoms with Crippen LogP contribution in [0.3, 0.4) is 0 Å². The lowest BCUT2D eigenvalue weighted by molar-refractivity contribution is -0.384. The van der Waals surface area contributed by atoms with Crippen molar-refractivity contribution in [2.45, 2.75) is 87.7 Å². The van der Waals surface area contributed by atoms with E-state index >= 15 is 0 Å². The number of nitro benzene ring substituents is 1. The number of nitro groups is 1. The van der Waals surface area contributed by atoms with Crippen molar-refractivity contribution in [3.05, 3.63) is 136 Å². The second-order valence-electron chi connectivity index (χ2n) is 18.4. The van der Waals surface area contributed by atoms with E-state index in [2.05, 4.69) is 61.3 Å². The van der Waals surface area contributed by atoms with Crippen molar-refractivity contribution in [3.63, 3.8) is 0 Å². The summed E-state index contributed by atoms with van der Waals surface area (Å²) in [6, 6.07) is 29.2. The summed E-state index contributed by atoms with van der Waals surface area (Å²) in [5, 5.41) is 26.4. The first kappa shape index (κ1) is 45.4. The minimum atomic E-state index is -4.60. The van der Waals surface area contributed by atoms with Crippen molar-refractivity contribution in [1.29, 1.82) is 0 Å². The average Bonchev–Trinajstić information content (AvgIpc) is 4.01. The van der Waals surface area contributed by atoms with Gasteiger partial charge in [-0.25, -0.2) is 18.1 Å². The molecular weight excluding hydrogens is 871 g/mol. The fraction of sp³-hybridized carbons (Fsp3) is 0.353. The van der Waals surface area contributed by atoms with E-state index in [-0.39, 0.29) is 34.9 Å². The second kappa shape index (κ2) is 18.8. The van der Waals surface area contributed by atoms with E-state index in [4.69, 9.17) is 4.74 Å². The van der Waals surface area contributed by atoms with Crippen molar-refractivity contribution in [2.24, 2.45) is 5.92 Å². The molecule has 1 atom stereocenters. The summed E-state index contributed by atoms with van der Waals surface area (Å²) in [5.74, 6) is 0.121. The fourth-order valence-corrected chi connectivity index (χ4v) is 11.0. The molecule has 348 valence electrons. The Kier molecular flexibility index (Phi) is 12.8. The first-order valence-corrected chi connectivity index (χ1v) is 24.5. The zero-order valence-electron chi connectivity index (χ0n) is 37.6. The van der Waals surface area contributed by atoms with Crippen LogP contribution in [0.1, 0.15) is 98.7 Å². The van der Waals surface area contributed by atoms with Gasteiger partial charge in [0, 0.05) is 56.4 Å². The van der Waals surface area contributed by atoms with Gasteiger partial charge in [-0.05, 0) is 141 Å². The highest BCUT2D eigenvalue weighted by atomic mass is 32.2. The zero-order valence-corrected chi connectivity index (χ0v) is 38.4. The summed E-state index contributed by atoms with van der Waals surface area (Å²) in [6.07, 6.45) is 9.99. The number of amides is 2. The van der Waals surface area contributed by atoms with Crippen LogP contribution in [0.2, 0.25) is 0 Å². The highest BCUT2D eigenvalue weighted by molar-refractivity contribution is 7.90. The summed E-state index contributed by atoms with van der Waals surface area (Å²) in [7, 11) is -4.60. The van der Waals surface area contributed by atoms with Gasteiger partial charge in [0.05, 0.1) is 33.2 Å². The second-order valence-corrected chi connectivity index (χ2v) is 20.1. The Balaban J connectivity index is 0.952. The Morgan fingerprint density at radius 2 is 1.64 bits per heavy atom. The number of nitrogens with one attached hydrogen (secondary N) is 3. The summed E-state index contributed by atoms with van der Waals surface area (Å²) in [4.78, 5) is 49.0. The number of benzene rings is 4. The molecule has 0 bridgehead atoms. The Morgan fingerprint density at radius 1 is 0.910 bits per heavy atom. The molecule has 2 aliphatic heterocycles. The summed E-state index contributed by atoms with van der Waals surface area (Å²) in [5.41, 5.74) is 4.90. The van der Waals surface area contributed by atoms with Crippen LogP contribution in [0.5, 0.6) is 11.5 Å². The first-order chi connectivity index (χ1) is 32.2. The average molecular weight is 926 g/mol. The molecule has 2 saturated heterocycles. The van der Waals surface area contributed by atoms with E-state index in [9.17, 15) is 33.2 Å². The maximum Gasteiger partial charge on any atom is 0.293 e. The van der Waals surface area contributed by atoms with E-state index in [1.165, 1.54) is 35.5 Å². The molecule has 2 amide bonds. The standard InChI is InChI=1S/C51H55N7O8S/c1-33(59)56-26-20-36(21-27-56)42-6-3-4-7-43(42)46-8-5-25-57(46)39-12-9-35(10-13-39)37-11-15-44(48(29-37)66-40-28-38-19-24-52-49(38)54-32-40)50(60)55-67(64,65)41-14-16-45(47(30-41)58(62)63)53-31-34-17-22-51(2,61)23-18-34/h3-4,6-7,9-16,19,24,28-30,32,34,36,46,53,61H,5,8,17-18,20-23,25-27,31H2,1-2H3,(H,52,54)(H,55,60)/t34?,46-,51?/m1/s1. The number of aliphatic hydroxyl groups is 1. The predicted molar refractivity (Wildman–Crippen MR) is 257 cm³/mol. The highest BCUT2D eigenvalue weighted by Gasteiger charge is 2.33. The number of likely N-dealkylation sites (tertiary alicyclic amines) is 1. The first-order valence-electron chi connectivity index (χ1n) is 23.0. The maximum absolute atomic E-state index is 14.0. The third kappa shape index (κ3) is 10.0. The number of sulfonamides is 1. The van der Waals surface area contributed by atoms with Crippen LogP contribution in [-0.4, -0.2) is 76.9 Å². The number of fused-ring (bicyclic) bond motifs is 1. The Hall–Kier alpha value is -6.78. The number of aromatic nitrogens is 2. The molecule has 3 aliphatic rings. The normalized spacial score (nSPS) is 20.2. The van der Waals surface area contributed by atoms with Crippen LogP contribution in [0.4, 0.5) is 17.1 Å². The lowest BCUT2D eigenvalue weighted by atomic mass is 9.80. The van der Waals surface area contributed by atoms with Crippen molar-refractivity contribution in [1.82, 2.24) is 19.6 Å². The number of carbonyl (C=O) groups is 2. The quantitative estimate of drug-likeness (QED) is 0.0635. The van der Waals surface area contributed by atoms with Crippen molar-refractivity contribution in [2.75, 3.05) is 36.4 Å². The topological polar surface area (TPSA) is 200 Å². The molecule has 2 aromatic heterocycles. The van der Waals surface area contributed by atoms with Crippen LogP contribution in [0, 0.1) is 16.0 Å². The zero-order chi connectivity index (χ0) is 46.9. The molecule has 6 aromatic rings. The van der Waals surface area contributed by atoms with Crippen molar-refractivity contribution < 1.29 is 32.8 Å². The number of H-pyrrole nitrogens is 1. The summed E-state index contributed by atoms with van der Waals surface area (Å²) in [6.45, 7) is 6.32. The lowest BCUT2D eigenvalue weighted by Crippen LogP contribution is -2.36. The van der Waals surface area contributed by atoms with E-state index in [1.54, 1.807) is 38.2 Å². The van der Waals surface area contributed by atoms with E-state index in [1.807, 2.05) is 23.1 Å². The minimum absolute atomic E-state index is 0.0751. The van der Waals surface area contributed by atoms with E-state index in [0.717, 1.165) is 80.9 Å². The number of aromatic amines is 1. The van der Waals surface area contributed by atoms with Gasteiger partial charge in [0.15, 0.2) is 0 Å². The van der Waals surface area contributed by atoms with Crippen LogP contribution in [0.15, 0.2) is 114 Å². The molecule has 15 nitrogen and oxygen atoms in total. The van der Waals surface area contributed by atoms with Crippen LogP contribution in [0.25, 0.3) is 22.2 Å². The van der Waals surface area contributed by atoms with E-state index < -0.39 is 37.0 Å². The monoisotopic (exact) mass is 925 g/mol. The van der Waals surface area contributed by atoms with Crippen molar-refractivity contribution >= 4 is 49.9 Å². The number of carbonyl (C=O) groups excluding carboxylic acids is 2. The number of ether oxygens (including phenoxy) is 1. The molecule has 3 fully saturated rings. The molecule has 4 N–H and O–H groups in total. The highest BCUT2D eigenvalue weighted by Crippen LogP contribution is 2.42. The fourth-order valence-electron chi connectivity index (χ4n) is 9.99. The molecule has 67 heavy (non-hydrogen) atoms. The predicted octanol–water partition coefficient (Wildman–Crippen LogP) is 9.47. The van der Waals surface area contributed by atoms with Gasteiger partial charge >= 0.3 is 0 Å². The van der Waals surface area contributed by atoms with E-state index in [0.29, 0.717) is 42.3 Å². The van der Waals surface area contributed by atoms with Gasteiger partial charge in [-0.1, -0.05) is 42.5 Å². The number of piperidine rings is 1. The molecule has 0 unspecified atom stereocenters. The van der Waals surface area contributed by atoms with Gasteiger partial charge < -0.3 is 29.9 Å². The molecule has 16 heteroatoms. The van der Waals surface area contributed by atoms with Gasteiger partial charge in [0.25, 0.3) is 21.6 Å². The maximum atomic E-state index is 14.0. The Morgan fingerprint density at radius 3 is 2.37 bits per heavy atom. The van der Waals surface area contributed by atoms with Crippen LogP contribution in [-0.2, 0) is 14.8 Å². The molecule has 9 rings (SSSR count). The molecule has 0 spiro atoms. The lowest BCUT2D eigenvalue weighted by Gasteiger charge is -2.35. The molecule has 4 aromatic carbocycles.